The van der Waals surface area contributed by atoms with Gasteiger partial charge in [0.2, 0.25) is 5.82 Å². The molecule has 2 aromatic rings. The van der Waals surface area contributed by atoms with Crippen molar-refractivity contribution in [1.29, 1.82) is 0 Å². The van der Waals surface area contributed by atoms with E-state index in [2.05, 4.69) is 18.8 Å². The minimum Gasteiger partial charge on any atom is -0.494 e. The summed E-state index contributed by atoms with van der Waals surface area (Å²) in [6.45, 7) is 2.41. The Labute approximate surface area is 217 Å². The normalized spacial score (nSPS) is 23.8. The molecule has 0 radical (unpaired) electrons. The van der Waals surface area contributed by atoms with Crippen molar-refractivity contribution >= 4 is 0 Å². The first-order valence-corrected chi connectivity index (χ1v) is 13.6. The zero-order chi connectivity index (χ0) is 26.4. The van der Waals surface area contributed by atoms with E-state index < -0.39 is 29.4 Å². The molecule has 4 rings (SSSR count). The van der Waals surface area contributed by atoms with Crippen molar-refractivity contribution in [1.82, 2.24) is 0 Å². The highest BCUT2D eigenvalue weighted by atomic mass is 19.2. The van der Waals surface area contributed by atoms with Gasteiger partial charge in [-0.3, -0.25) is 0 Å². The summed E-state index contributed by atoms with van der Waals surface area (Å²) in [5.41, 5.74) is 0.649. The predicted molar refractivity (Wildman–Crippen MR) is 136 cm³/mol. The van der Waals surface area contributed by atoms with Gasteiger partial charge < -0.3 is 9.47 Å². The van der Waals surface area contributed by atoms with E-state index in [0.717, 1.165) is 25.7 Å². The summed E-state index contributed by atoms with van der Waals surface area (Å²) in [7, 11) is 1.28. The van der Waals surface area contributed by atoms with E-state index in [1.807, 2.05) is 0 Å². The minimum atomic E-state index is -1.04. The molecule has 2 nitrogen and oxygen atoms in total. The van der Waals surface area contributed by atoms with Gasteiger partial charge in [0.25, 0.3) is 0 Å². The Bertz CT molecular complexity index is 1120. The molecule has 0 bridgehead atoms. The number of unbranched alkanes of at least 4 members (excludes halogenated alkanes) is 2. The van der Waals surface area contributed by atoms with Crippen LogP contribution in [-0.4, -0.2) is 13.7 Å². The molecule has 0 aromatic heterocycles. The lowest BCUT2D eigenvalue weighted by Crippen LogP contribution is -2.20. The number of hydrogen-bond acceptors (Lipinski definition) is 2. The third-order valence-corrected chi connectivity index (χ3v) is 7.95. The van der Waals surface area contributed by atoms with Gasteiger partial charge in [0.05, 0.1) is 25.4 Å². The fourth-order valence-electron chi connectivity index (χ4n) is 5.66. The Morgan fingerprint density at radius 3 is 2.24 bits per heavy atom. The first kappa shape index (κ1) is 27.5. The minimum absolute atomic E-state index is 0.0416. The van der Waals surface area contributed by atoms with Crippen LogP contribution in [0.2, 0.25) is 0 Å². The van der Waals surface area contributed by atoms with Gasteiger partial charge in [0, 0.05) is 11.5 Å². The average Bonchev–Trinajstić information content (AvgIpc) is 2.92. The maximum atomic E-state index is 15.0. The monoisotopic (exact) mass is 516 g/mol. The highest BCUT2D eigenvalue weighted by Crippen LogP contribution is 2.39. The third kappa shape index (κ3) is 6.49. The van der Waals surface area contributed by atoms with Crippen molar-refractivity contribution in [2.45, 2.75) is 83.2 Å². The molecule has 1 aliphatic carbocycles. The second-order valence-electron chi connectivity index (χ2n) is 10.4. The molecule has 0 spiro atoms. The number of ether oxygens (including phenoxy) is 2. The van der Waals surface area contributed by atoms with E-state index in [0.29, 0.717) is 24.3 Å². The number of hydrogen-bond donors (Lipinski definition) is 0. The topological polar surface area (TPSA) is 18.5 Å². The van der Waals surface area contributed by atoms with Gasteiger partial charge in [-0.1, -0.05) is 50.5 Å². The molecule has 0 amide bonds. The summed E-state index contributed by atoms with van der Waals surface area (Å²) in [4.78, 5) is 0. The molecule has 37 heavy (non-hydrogen) atoms. The second kappa shape index (κ2) is 12.8. The smallest absolute Gasteiger partial charge is 0.200 e. The fraction of sp³-hybridized carbons (Fsp3) is 0.548. The molecule has 2 unspecified atom stereocenters. The van der Waals surface area contributed by atoms with Gasteiger partial charge in [0.15, 0.2) is 23.2 Å². The Morgan fingerprint density at radius 2 is 1.57 bits per heavy atom. The largest absolute Gasteiger partial charge is 0.494 e. The van der Waals surface area contributed by atoms with Crippen LogP contribution in [0.4, 0.5) is 17.6 Å². The van der Waals surface area contributed by atoms with Crippen LogP contribution in [0.3, 0.4) is 0 Å². The molecule has 1 saturated heterocycles. The molecule has 1 aliphatic heterocycles. The van der Waals surface area contributed by atoms with Crippen molar-refractivity contribution in [3.63, 3.8) is 0 Å². The van der Waals surface area contributed by atoms with Crippen LogP contribution in [0.1, 0.15) is 99.8 Å². The van der Waals surface area contributed by atoms with Gasteiger partial charge in [0.1, 0.15) is 0 Å². The number of halogens is 4. The lowest BCUT2D eigenvalue weighted by Gasteiger charge is -2.29. The Hall–Kier alpha value is -2.52. The van der Waals surface area contributed by atoms with Gasteiger partial charge in [-0.2, -0.15) is 4.39 Å². The summed E-state index contributed by atoms with van der Waals surface area (Å²) in [6.07, 6.45) is 9.36. The van der Waals surface area contributed by atoms with Crippen LogP contribution in [0.25, 0.3) is 0 Å². The first-order valence-electron chi connectivity index (χ1n) is 13.6. The molecule has 2 atom stereocenters. The maximum Gasteiger partial charge on any atom is 0.200 e. The number of methoxy groups -OCH3 is 1. The van der Waals surface area contributed by atoms with E-state index in [9.17, 15) is 17.6 Å². The average molecular weight is 517 g/mol. The lowest BCUT2D eigenvalue weighted by molar-refractivity contribution is -0.00528. The summed E-state index contributed by atoms with van der Waals surface area (Å²) in [5.74, 6) is 2.50. The van der Waals surface area contributed by atoms with Crippen molar-refractivity contribution in [3.05, 3.63) is 64.2 Å². The Kier molecular flexibility index (Phi) is 9.54. The standard InChI is InChI=1S/C31H36F4O2/c1-3-4-5-6-20-7-11-22(12-8-20)24-15-14-23(28(32)29(24)33)13-9-21-10-17-26(37-19-21)25-16-18-27(36-2)31(35)30(25)34/h14-16,18,20-22,26H,3-8,10-12,17,19H2,1-2H3. The fourth-order valence-corrected chi connectivity index (χ4v) is 5.66. The van der Waals surface area contributed by atoms with Gasteiger partial charge in [-0.05, 0) is 74.1 Å². The van der Waals surface area contributed by atoms with Crippen LogP contribution >= 0.6 is 0 Å². The van der Waals surface area contributed by atoms with Crippen LogP contribution in [-0.2, 0) is 4.74 Å². The third-order valence-electron chi connectivity index (χ3n) is 7.95. The van der Waals surface area contributed by atoms with Crippen LogP contribution in [0.15, 0.2) is 24.3 Å². The van der Waals surface area contributed by atoms with E-state index in [1.54, 1.807) is 12.1 Å². The zero-order valence-corrected chi connectivity index (χ0v) is 21.7. The number of benzene rings is 2. The predicted octanol–water partition coefficient (Wildman–Crippen LogP) is 8.63. The summed E-state index contributed by atoms with van der Waals surface area (Å²) < 4.78 is 68.9. The molecule has 2 aromatic carbocycles. The van der Waals surface area contributed by atoms with Crippen LogP contribution < -0.4 is 4.74 Å². The Balaban J connectivity index is 1.34. The van der Waals surface area contributed by atoms with Crippen LogP contribution in [0, 0.1) is 46.9 Å². The molecule has 1 heterocycles. The van der Waals surface area contributed by atoms with Gasteiger partial charge >= 0.3 is 0 Å². The van der Waals surface area contributed by atoms with E-state index >= 15 is 0 Å². The van der Waals surface area contributed by atoms with Gasteiger partial charge in [-0.15, -0.1) is 0 Å². The zero-order valence-electron chi connectivity index (χ0n) is 21.7. The van der Waals surface area contributed by atoms with Crippen molar-refractivity contribution in [2.75, 3.05) is 13.7 Å². The highest BCUT2D eigenvalue weighted by molar-refractivity contribution is 5.40. The quantitative estimate of drug-likeness (QED) is 0.208. The van der Waals surface area contributed by atoms with E-state index in [-0.39, 0.29) is 35.3 Å². The highest BCUT2D eigenvalue weighted by Gasteiger charge is 2.28. The molecule has 1 saturated carbocycles. The van der Waals surface area contributed by atoms with E-state index in [4.69, 9.17) is 9.47 Å². The first-order chi connectivity index (χ1) is 17.9. The van der Waals surface area contributed by atoms with E-state index in [1.165, 1.54) is 44.9 Å². The molecular formula is C31H36F4O2. The van der Waals surface area contributed by atoms with Crippen LogP contribution in [0.5, 0.6) is 5.75 Å². The Morgan fingerprint density at radius 1 is 0.838 bits per heavy atom. The summed E-state index contributed by atoms with van der Waals surface area (Å²) in [5, 5.41) is 0. The second-order valence-corrected chi connectivity index (χ2v) is 10.4. The lowest BCUT2D eigenvalue weighted by atomic mass is 9.76. The molecule has 6 heteroatoms. The van der Waals surface area contributed by atoms with Crippen molar-refractivity contribution < 1.29 is 27.0 Å². The SMILES string of the molecule is CCCCCC1CCC(c2ccc(C#CC3CCC(c4ccc(OC)c(F)c4F)OC3)c(F)c2F)CC1. The van der Waals surface area contributed by atoms with Crippen molar-refractivity contribution in [3.8, 4) is 17.6 Å². The molecule has 2 fully saturated rings. The molecule has 2 aliphatic rings. The maximum absolute atomic E-state index is 15.0. The summed E-state index contributed by atoms with van der Waals surface area (Å²) in [6, 6.07) is 6.12. The molecule has 200 valence electrons. The summed E-state index contributed by atoms with van der Waals surface area (Å²) >= 11 is 0. The number of rotatable bonds is 7. The molecule has 0 N–H and O–H groups in total. The van der Waals surface area contributed by atoms with Gasteiger partial charge in [-0.25, -0.2) is 13.2 Å². The molecular weight excluding hydrogens is 480 g/mol. The van der Waals surface area contributed by atoms with Crippen molar-refractivity contribution in [2.24, 2.45) is 11.8 Å².